The van der Waals surface area contributed by atoms with Gasteiger partial charge in [0.2, 0.25) is 0 Å². The van der Waals surface area contributed by atoms with E-state index in [2.05, 4.69) is 72.1 Å². The zero-order chi connectivity index (χ0) is 14.5. The van der Waals surface area contributed by atoms with Crippen LogP contribution in [0, 0.1) is 5.92 Å². The molecule has 1 aliphatic rings. The average molecular weight is 277 g/mol. The molecule has 1 saturated heterocycles. The summed E-state index contributed by atoms with van der Waals surface area (Å²) in [5.41, 5.74) is 4.22. The van der Waals surface area contributed by atoms with Gasteiger partial charge in [-0.2, -0.15) is 0 Å². The lowest BCUT2D eigenvalue weighted by molar-refractivity contribution is 0.226. The van der Waals surface area contributed by atoms with Crippen LogP contribution in [0.3, 0.4) is 0 Å². The molecule has 1 fully saturated rings. The SMILES string of the molecule is C=C1CN(Cc2ccccc2)CCC1Cc1ccccc1. The van der Waals surface area contributed by atoms with Crippen LogP contribution in [0.5, 0.6) is 0 Å². The summed E-state index contributed by atoms with van der Waals surface area (Å²) in [5.74, 6) is 0.638. The Bertz CT molecular complexity index is 573. The van der Waals surface area contributed by atoms with Crippen LogP contribution in [-0.2, 0) is 13.0 Å². The Morgan fingerprint density at radius 1 is 0.905 bits per heavy atom. The maximum atomic E-state index is 4.34. The maximum Gasteiger partial charge on any atom is 0.0237 e. The highest BCUT2D eigenvalue weighted by Crippen LogP contribution is 2.26. The van der Waals surface area contributed by atoms with E-state index in [-0.39, 0.29) is 0 Å². The molecule has 108 valence electrons. The highest BCUT2D eigenvalue weighted by atomic mass is 15.1. The molecule has 0 aliphatic carbocycles. The molecule has 0 radical (unpaired) electrons. The van der Waals surface area contributed by atoms with Crippen LogP contribution in [-0.4, -0.2) is 18.0 Å². The first-order valence-electron chi connectivity index (χ1n) is 7.79. The van der Waals surface area contributed by atoms with Gasteiger partial charge in [-0.1, -0.05) is 72.8 Å². The van der Waals surface area contributed by atoms with Crippen molar-refractivity contribution in [2.24, 2.45) is 5.92 Å². The first-order valence-corrected chi connectivity index (χ1v) is 7.79. The quantitative estimate of drug-likeness (QED) is 0.753. The minimum absolute atomic E-state index is 0.638. The van der Waals surface area contributed by atoms with Gasteiger partial charge in [-0.05, 0) is 36.4 Å². The van der Waals surface area contributed by atoms with E-state index in [1.807, 2.05) is 0 Å². The van der Waals surface area contributed by atoms with Crippen LogP contribution in [0.2, 0.25) is 0 Å². The molecule has 0 amide bonds. The van der Waals surface area contributed by atoms with Gasteiger partial charge in [-0.15, -0.1) is 0 Å². The predicted molar refractivity (Wildman–Crippen MR) is 89.1 cm³/mol. The van der Waals surface area contributed by atoms with Gasteiger partial charge in [0, 0.05) is 13.1 Å². The van der Waals surface area contributed by atoms with E-state index >= 15 is 0 Å². The van der Waals surface area contributed by atoms with Gasteiger partial charge >= 0.3 is 0 Å². The van der Waals surface area contributed by atoms with Gasteiger partial charge in [-0.3, -0.25) is 4.90 Å². The number of hydrogen-bond donors (Lipinski definition) is 0. The average Bonchev–Trinajstić information content (AvgIpc) is 2.52. The lowest BCUT2D eigenvalue weighted by atomic mass is 9.86. The van der Waals surface area contributed by atoms with Crippen molar-refractivity contribution in [2.75, 3.05) is 13.1 Å². The lowest BCUT2D eigenvalue weighted by Crippen LogP contribution is -2.35. The number of rotatable bonds is 4. The summed E-state index contributed by atoms with van der Waals surface area (Å²) in [7, 11) is 0. The van der Waals surface area contributed by atoms with Crippen molar-refractivity contribution in [3.63, 3.8) is 0 Å². The Morgan fingerprint density at radius 3 is 2.14 bits per heavy atom. The lowest BCUT2D eigenvalue weighted by Gasteiger charge is -2.34. The molecule has 1 heterocycles. The Kier molecular flexibility index (Phi) is 4.52. The number of hydrogen-bond acceptors (Lipinski definition) is 1. The molecule has 1 heteroatoms. The van der Waals surface area contributed by atoms with Crippen molar-refractivity contribution in [3.8, 4) is 0 Å². The molecule has 2 aromatic carbocycles. The summed E-state index contributed by atoms with van der Waals surface area (Å²) in [6.45, 7) is 7.59. The van der Waals surface area contributed by atoms with Gasteiger partial charge < -0.3 is 0 Å². The highest BCUT2D eigenvalue weighted by Gasteiger charge is 2.22. The molecule has 3 rings (SSSR count). The van der Waals surface area contributed by atoms with E-state index < -0.39 is 0 Å². The summed E-state index contributed by atoms with van der Waals surface area (Å²) >= 11 is 0. The van der Waals surface area contributed by atoms with Crippen molar-refractivity contribution in [1.29, 1.82) is 0 Å². The van der Waals surface area contributed by atoms with Crippen LogP contribution in [0.4, 0.5) is 0 Å². The maximum absolute atomic E-state index is 4.34. The van der Waals surface area contributed by atoms with E-state index in [1.165, 1.54) is 29.7 Å². The standard InChI is InChI=1S/C20H23N/c1-17-15-21(16-19-10-6-3-7-11-19)13-12-20(17)14-18-8-4-2-5-9-18/h2-11,20H,1,12-16H2. The molecule has 0 bridgehead atoms. The molecule has 0 saturated carbocycles. The molecule has 2 aromatic rings. The Labute approximate surface area is 127 Å². The van der Waals surface area contributed by atoms with Gasteiger partial charge in [-0.25, -0.2) is 0 Å². The Morgan fingerprint density at radius 2 is 1.52 bits per heavy atom. The third kappa shape index (κ3) is 3.83. The van der Waals surface area contributed by atoms with E-state index in [4.69, 9.17) is 0 Å². The third-order valence-electron chi connectivity index (χ3n) is 4.37. The van der Waals surface area contributed by atoms with Crippen LogP contribution in [0.1, 0.15) is 17.5 Å². The van der Waals surface area contributed by atoms with Crippen molar-refractivity contribution in [2.45, 2.75) is 19.4 Å². The molecule has 1 nitrogen and oxygen atoms in total. The monoisotopic (exact) mass is 277 g/mol. The molecular formula is C20H23N. The minimum atomic E-state index is 0.638. The number of nitrogens with zero attached hydrogens (tertiary/aromatic N) is 1. The zero-order valence-electron chi connectivity index (χ0n) is 12.5. The van der Waals surface area contributed by atoms with E-state index in [0.29, 0.717) is 5.92 Å². The first kappa shape index (κ1) is 14.1. The predicted octanol–water partition coefficient (Wildman–Crippen LogP) is 4.31. The normalized spacial score (nSPS) is 19.6. The highest BCUT2D eigenvalue weighted by molar-refractivity contribution is 5.20. The van der Waals surface area contributed by atoms with Gasteiger partial charge in [0.15, 0.2) is 0 Å². The van der Waals surface area contributed by atoms with E-state index in [0.717, 1.165) is 19.5 Å². The third-order valence-corrected chi connectivity index (χ3v) is 4.37. The summed E-state index contributed by atoms with van der Waals surface area (Å²) in [4.78, 5) is 2.51. The second kappa shape index (κ2) is 6.73. The Balaban J connectivity index is 1.56. The van der Waals surface area contributed by atoms with E-state index in [9.17, 15) is 0 Å². The minimum Gasteiger partial charge on any atom is -0.295 e. The van der Waals surface area contributed by atoms with E-state index in [1.54, 1.807) is 0 Å². The van der Waals surface area contributed by atoms with Crippen LogP contribution in [0.25, 0.3) is 0 Å². The zero-order valence-corrected chi connectivity index (χ0v) is 12.5. The van der Waals surface area contributed by atoms with Crippen molar-refractivity contribution in [3.05, 3.63) is 83.9 Å². The molecular weight excluding hydrogens is 254 g/mol. The van der Waals surface area contributed by atoms with Gasteiger partial charge in [0.05, 0.1) is 0 Å². The van der Waals surface area contributed by atoms with Gasteiger partial charge in [0.1, 0.15) is 0 Å². The summed E-state index contributed by atoms with van der Waals surface area (Å²) in [6.07, 6.45) is 2.36. The summed E-state index contributed by atoms with van der Waals surface area (Å²) in [6, 6.07) is 21.5. The fourth-order valence-corrected chi connectivity index (χ4v) is 3.16. The van der Waals surface area contributed by atoms with Crippen LogP contribution >= 0.6 is 0 Å². The molecule has 1 atom stereocenters. The summed E-state index contributed by atoms with van der Waals surface area (Å²) < 4.78 is 0. The number of likely N-dealkylation sites (tertiary alicyclic amines) is 1. The fraction of sp³-hybridized carbons (Fsp3) is 0.300. The number of piperidine rings is 1. The smallest absolute Gasteiger partial charge is 0.0237 e. The summed E-state index contributed by atoms with van der Waals surface area (Å²) in [5, 5.41) is 0. The first-order chi connectivity index (χ1) is 10.3. The van der Waals surface area contributed by atoms with Gasteiger partial charge in [0.25, 0.3) is 0 Å². The molecule has 1 aliphatic heterocycles. The second-order valence-corrected chi connectivity index (χ2v) is 6.03. The second-order valence-electron chi connectivity index (χ2n) is 6.03. The van der Waals surface area contributed by atoms with Crippen molar-refractivity contribution in [1.82, 2.24) is 4.90 Å². The number of benzene rings is 2. The molecule has 21 heavy (non-hydrogen) atoms. The van der Waals surface area contributed by atoms with Crippen LogP contribution < -0.4 is 0 Å². The largest absolute Gasteiger partial charge is 0.295 e. The Hall–Kier alpha value is -1.86. The molecule has 0 N–H and O–H groups in total. The fourth-order valence-electron chi connectivity index (χ4n) is 3.16. The van der Waals surface area contributed by atoms with Crippen molar-refractivity contribution < 1.29 is 0 Å². The van der Waals surface area contributed by atoms with Crippen molar-refractivity contribution >= 4 is 0 Å². The van der Waals surface area contributed by atoms with Crippen LogP contribution in [0.15, 0.2) is 72.8 Å². The molecule has 1 unspecified atom stereocenters. The molecule has 0 aromatic heterocycles. The topological polar surface area (TPSA) is 3.24 Å². The molecule has 0 spiro atoms.